The minimum Gasteiger partial charge on any atom is -0.349 e. The molecule has 1 amide bonds. The van der Waals surface area contributed by atoms with Crippen molar-refractivity contribution in [2.24, 2.45) is 0 Å². The number of piperazine rings is 1. The molecule has 2 aromatic carbocycles. The molecular weight excluding hydrogens is 398 g/mol. The molecule has 0 N–H and O–H groups in total. The molecule has 0 bridgehead atoms. The van der Waals surface area contributed by atoms with Crippen LogP contribution in [-0.2, 0) is 16.6 Å². The first-order valence-corrected chi connectivity index (χ1v) is 11.7. The molecule has 0 saturated carbocycles. The highest BCUT2D eigenvalue weighted by atomic mass is 32.2. The first kappa shape index (κ1) is 20.6. The Hall–Kier alpha value is -2.64. The van der Waals surface area contributed by atoms with E-state index in [2.05, 4.69) is 11.5 Å². The quantitative estimate of drug-likeness (QED) is 0.643. The van der Waals surface area contributed by atoms with Crippen LogP contribution in [-0.4, -0.2) is 54.3 Å². The SMILES string of the molecule is CCn1c(C)cc(C(=O)N2CCN(S(=O)(=O)c3ccc4ccccc4c3)CC2)c1C. The van der Waals surface area contributed by atoms with Crippen LogP contribution in [0.3, 0.4) is 0 Å². The zero-order valence-corrected chi connectivity index (χ0v) is 18.4. The van der Waals surface area contributed by atoms with Gasteiger partial charge in [-0.25, -0.2) is 8.42 Å². The molecule has 2 heterocycles. The molecule has 6 nitrogen and oxygen atoms in total. The molecule has 1 aliphatic rings. The molecule has 1 aromatic heterocycles. The van der Waals surface area contributed by atoms with E-state index in [1.165, 1.54) is 4.31 Å². The Bertz CT molecular complexity index is 1210. The van der Waals surface area contributed by atoms with Gasteiger partial charge in [0.25, 0.3) is 5.91 Å². The number of carbonyl (C=O) groups excluding carboxylic acids is 1. The Morgan fingerprint density at radius 1 is 0.933 bits per heavy atom. The van der Waals surface area contributed by atoms with Crippen molar-refractivity contribution in [2.45, 2.75) is 32.2 Å². The van der Waals surface area contributed by atoms with E-state index in [9.17, 15) is 13.2 Å². The fourth-order valence-corrected chi connectivity index (χ4v) is 5.74. The number of nitrogens with zero attached hydrogens (tertiary/aromatic N) is 3. The molecule has 1 fully saturated rings. The zero-order valence-electron chi connectivity index (χ0n) is 17.6. The smallest absolute Gasteiger partial charge is 0.255 e. The zero-order chi connectivity index (χ0) is 21.5. The van der Waals surface area contributed by atoms with E-state index >= 15 is 0 Å². The van der Waals surface area contributed by atoms with Crippen molar-refractivity contribution in [2.75, 3.05) is 26.2 Å². The maximum atomic E-state index is 13.1. The molecule has 0 atom stereocenters. The third kappa shape index (κ3) is 3.52. The topological polar surface area (TPSA) is 62.6 Å². The van der Waals surface area contributed by atoms with Gasteiger partial charge in [-0.15, -0.1) is 0 Å². The summed E-state index contributed by atoms with van der Waals surface area (Å²) >= 11 is 0. The summed E-state index contributed by atoms with van der Waals surface area (Å²) < 4.78 is 29.9. The highest BCUT2D eigenvalue weighted by Crippen LogP contribution is 2.24. The normalized spacial score (nSPS) is 15.6. The molecule has 3 aromatic rings. The maximum Gasteiger partial charge on any atom is 0.255 e. The number of hydrogen-bond donors (Lipinski definition) is 0. The van der Waals surface area contributed by atoms with Gasteiger partial charge in [0.1, 0.15) is 0 Å². The van der Waals surface area contributed by atoms with Crippen molar-refractivity contribution in [3.8, 4) is 0 Å². The van der Waals surface area contributed by atoms with Gasteiger partial charge in [-0.3, -0.25) is 4.79 Å². The van der Waals surface area contributed by atoms with Crippen molar-refractivity contribution < 1.29 is 13.2 Å². The van der Waals surface area contributed by atoms with Crippen molar-refractivity contribution in [1.82, 2.24) is 13.8 Å². The second-order valence-electron chi connectivity index (χ2n) is 7.73. The molecule has 0 unspecified atom stereocenters. The van der Waals surface area contributed by atoms with Crippen LogP contribution >= 0.6 is 0 Å². The molecule has 0 radical (unpaired) electrons. The molecule has 0 aliphatic carbocycles. The summed E-state index contributed by atoms with van der Waals surface area (Å²) in [7, 11) is -3.59. The lowest BCUT2D eigenvalue weighted by atomic mass is 10.1. The number of aromatic nitrogens is 1. The summed E-state index contributed by atoms with van der Waals surface area (Å²) in [5.41, 5.74) is 2.74. The highest BCUT2D eigenvalue weighted by Gasteiger charge is 2.31. The van der Waals surface area contributed by atoms with Gasteiger partial charge in [0.2, 0.25) is 10.0 Å². The Labute approximate surface area is 177 Å². The van der Waals surface area contributed by atoms with Crippen LogP contribution in [0.5, 0.6) is 0 Å². The average molecular weight is 426 g/mol. The standard InChI is InChI=1S/C23H27N3O3S/c1-4-26-17(2)15-22(18(26)3)23(27)24-11-13-25(14-12-24)30(28,29)21-10-9-19-7-5-6-8-20(19)16-21/h5-10,15-16H,4,11-14H2,1-3H3. The molecule has 158 valence electrons. The second kappa shape index (κ2) is 7.89. The molecule has 7 heteroatoms. The predicted molar refractivity (Wildman–Crippen MR) is 118 cm³/mol. The number of aryl methyl sites for hydroxylation is 1. The molecular formula is C23H27N3O3S. The molecule has 1 aliphatic heterocycles. The predicted octanol–water partition coefficient (Wildman–Crippen LogP) is 3.42. The van der Waals surface area contributed by atoms with Gasteiger partial charge in [0, 0.05) is 44.1 Å². The van der Waals surface area contributed by atoms with E-state index in [0.29, 0.717) is 36.6 Å². The van der Waals surface area contributed by atoms with Crippen molar-refractivity contribution in [3.05, 3.63) is 65.5 Å². The summed E-state index contributed by atoms with van der Waals surface area (Å²) in [5.74, 6) is -0.0226. The van der Waals surface area contributed by atoms with Crippen LogP contribution in [0.15, 0.2) is 53.4 Å². The summed E-state index contributed by atoms with van der Waals surface area (Å²) in [6.45, 7) is 8.22. The first-order chi connectivity index (χ1) is 14.3. The van der Waals surface area contributed by atoms with Gasteiger partial charge >= 0.3 is 0 Å². The number of sulfonamides is 1. The van der Waals surface area contributed by atoms with Crippen LogP contribution in [0.2, 0.25) is 0 Å². The Morgan fingerprint density at radius 2 is 1.60 bits per heavy atom. The third-order valence-corrected chi connectivity index (χ3v) is 7.90. The summed E-state index contributed by atoms with van der Waals surface area (Å²) in [4.78, 5) is 15.1. The summed E-state index contributed by atoms with van der Waals surface area (Å²) in [6.07, 6.45) is 0. The van der Waals surface area contributed by atoms with E-state index in [1.54, 1.807) is 17.0 Å². The second-order valence-corrected chi connectivity index (χ2v) is 9.67. The number of amides is 1. The van der Waals surface area contributed by atoms with Crippen molar-refractivity contribution in [1.29, 1.82) is 0 Å². The fourth-order valence-electron chi connectivity index (χ4n) is 4.28. The van der Waals surface area contributed by atoms with Crippen molar-refractivity contribution in [3.63, 3.8) is 0 Å². The Kier molecular flexibility index (Phi) is 5.42. The fraction of sp³-hybridized carbons (Fsp3) is 0.348. The van der Waals surface area contributed by atoms with Crippen LogP contribution in [0, 0.1) is 13.8 Å². The monoisotopic (exact) mass is 425 g/mol. The minimum absolute atomic E-state index is 0.0226. The van der Waals surface area contributed by atoms with Crippen LogP contribution in [0.1, 0.15) is 28.7 Å². The third-order valence-electron chi connectivity index (χ3n) is 6.00. The molecule has 1 saturated heterocycles. The number of carbonyl (C=O) groups is 1. The van der Waals surface area contributed by atoms with Gasteiger partial charge in [0.15, 0.2) is 0 Å². The van der Waals surface area contributed by atoms with E-state index in [1.807, 2.05) is 50.2 Å². The van der Waals surface area contributed by atoms with Crippen LogP contribution in [0.4, 0.5) is 0 Å². The van der Waals surface area contributed by atoms with Gasteiger partial charge in [-0.1, -0.05) is 30.3 Å². The largest absolute Gasteiger partial charge is 0.349 e. The molecule has 0 spiro atoms. The Morgan fingerprint density at radius 3 is 2.23 bits per heavy atom. The number of hydrogen-bond acceptors (Lipinski definition) is 3. The van der Waals surface area contributed by atoms with E-state index in [-0.39, 0.29) is 5.91 Å². The Balaban J connectivity index is 1.50. The van der Waals surface area contributed by atoms with E-state index in [0.717, 1.165) is 28.7 Å². The van der Waals surface area contributed by atoms with Crippen LogP contribution < -0.4 is 0 Å². The first-order valence-electron chi connectivity index (χ1n) is 10.3. The van der Waals surface area contributed by atoms with Gasteiger partial charge in [-0.2, -0.15) is 4.31 Å². The average Bonchev–Trinajstić information content (AvgIpc) is 3.06. The van der Waals surface area contributed by atoms with Gasteiger partial charge < -0.3 is 9.47 Å². The molecule has 4 rings (SSSR count). The number of rotatable bonds is 4. The lowest BCUT2D eigenvalue weighted by molar-refractivity contribution is 0.0697. The van der Waals surface area contributed by atoms with Crippen LogP contribution in [0.25, 0.3) is 10.8 Å². The lowest BCUT2D eigenvalue weighted by Crippen LogP contribution is -2.50. The van der Waals surface area contributed by atoms with Gasteiger partial charge in [-0.05, 0) is 49.7 Å². The minimum atomic E-state index is -3.59. The lowest BCUT2D eigenvalue weighted by Gasteiger charge is -2.34. The van der Waals surface area contributed by atoms with E-state index in [4.69, 9.17) is 0 Å². The van der Waals surface area contributed by atoms with E-state index < -0.39 is 10.0 Å². The maximum absolute atomic E-state index is 13.1. The summed E-state index contributed by atoms with van der Waals surface area (Å²) in [6, 6.07) is 14.9. The molecule has 30 heavy (non-hydrogen) atoms. The number of benzene rings is 2. The summed E-state index contributed by atoms with van der Waals surface area (Å²) in [5, 5.41) is 1.91. The number of fused-ring (bicyclic) bond motifs is 1. The van der Waals surface area contributed by atoms with Crippen molar-refractivity contribution >= 4 is 26.7 Å². The van der Waals surface area contributed by atoms with Gasteiger partial charge in [0.05, 0.1) is 10.5 Å². The highest BCUT2D eigenvalue weighted by molar-refractivity contribution is 7.89.